The average Bonchev–Trinajstić information content (AvgIpc) is 2.81. The van der Waals surface area contributed by atoms with E-state index in [0.29, 0.717) is 13.0 Å². The molecular weight excluding hydrogens is 214 g/mol. The molecule has 0 aromatic rings. The molecule has 5 atom stereocenters. The standard InChI is InChI=1S/C10H15NO5/c1-11-8-7(16-10(11)13)4-14-6-2-5(3-12)15-9(6)8/h5-9,12H,2-4H2,1H3/t5-,6+,7+,8+,9-/m0/s1. The van der Waals surface area contributed by atoms with Crippen LogP contribution in [0.1, 0.15) is 6.42 Å². The quantitative estimate of drug-likeness (QED) is 0.647. The number of carbonyl (C=O) groups excluding carboxylic acids is 1. The number of aliphatic hydroxyl groups is 1. The number of hydrogen-bond acceptors (Lipinski definition) is 5. The summed E-state index contributed by atoms with van der Waals surface area (Å²) < 4.78 is 16.5. The third-order valence-electron chi connectivity index (χ3n) is 3.59. The first kappa shape index (κ1) is 10.3. The lowest BCUT2D eigenvalue weighted by Crippen LogP contribution is -2.54. The van der Waals surface area contributed by atoms with Crippen LogP contribution in [0, 0.1) is 0 Å². The van der Waals surface area contributed by atoms with Gasteiger partial charge in [-0.1, -0.05) is 0 Å². The lowest BCUT2D eigenvalue weighted by Gasteiger charge is -2.35. The Morgan fingerprint density at radius 2 is 2.31 bits per heavy atom. The smallest absolute Gasteiger partial charge is 0.410 e. The van der Waals surface area contributed by atoms with Gasteiger partial charge in [-0.3, -0.25) is 0 Å². The van der Waals surface area contributed by atoms with Crippen LogP contribution in [0.15, 0.2) is 0 Å². The number of rotatable bonds is 1. The SMILES string of the molecule is CN1C(=O)O[C@@H]2CO[C@@H]3C[C@@H](CO)O[C@@H]3[C@@H]21. The van der Waals surface area contributed by atoms with E-state index < -0.39 is 0 Å². The van der Waals surface area contributed by atoms with Crippen LogP contribution in [-0.4, -0.2) is 66.8 Å². The number of likely N-dealkylation sites (N-methyl/N-ethyl adjacent to an activating group) is 1. The number of carbonyl (C=O) groups is 1. The molecule has 1 N–H and O–H groups in total. The second-order valence-corrected chi connectivity index (χ2v) is 4.54. The van der Waals surface area contributed by atoms with Crippen LogP contribution in [0.25, 0.3) is 0 Å². The van der Waals surface area contributed by atoms with E-state index >= 15 is 0 Å². The van der Waals surface area contributed by atoms with Crippen molar-refractivity contribution in [3.8, 4) is 0 Å². The molecule has 6 heteroatoms. The molecule has 1 amide bonds. The Morgan fingerprint density at radius 1 is 1.50 bits per heavy atom. The molecule has 3 saturated heterocycles. The van der Waals surface area contributed by atoms with Crippen molar-refractivity contribution in [2.24, 2.45) is 0 Å². The summed E-state index contributed by atoms with van der Waals surface area (Å²) in [4.78, 5) is 13.0. The molecule has 3 rings (SSSR count). The zero-order valence-corrected chi connectivity index (χ0v) is 9.04. The van der Waals surface area contributed by atoms with Crippen molar-refractivity contribution in [1.82, 2.24) is 4.90 Å². The summed E-state index contributed by atoms with van der Waals surface area (Å²) in [6.45, 7) is 0.412. The zero-order chi connectivity index (χ0) is 11.3. The molecule has 3 aliphatic rings. The van der Waals surface area contributed by atoms with Gasteiger partial charge in [0.05, 0.1) is 25.4 Å². The summed E-state index contributed by atoms with van der Waals surface area (Å²) >= 11 is 0. The van der Waals surface area contributed by atoms with Crippen molar-refractivity contribution >= 4 is 6.09 Å². The van der Waals surface area contributed by atoms with Gasteiger partial charge in [-0.05, 0) is 0 Å². The average molecular weight is 229 g/mol. The van der Waals surface area contributed by atoms with Gasteiger partial charge in [0.25, 0.3) is 0 Å². The van der Waals surface area contributed by atoms with Crippen LogP contribution in [0.3, 0.4) is 0 Å². The predicted molar refractivity (Wildman–Crippen MR) is 51.9 cm³/mol. The Labute approximate surface area is 93.1 Å². The van der Waals surface area contributed by atoms with Crippen molar-refractivity contribution in [1.29, 1.82) is 0 Å². The van der Waals surface area contributed by atoms with E-state index in [0.717, 1.165) is 0 Å². The van der Waals surface area contributed by atoms with Crippen LogP contribution >= 0.6 is 0 Å². The van der Waals surface area contributed by atoms with Gasteiger partial charge in [-0.15, -0.1) is 0 Å². The van der Waals surface area contributed by atoms with E-state index in [1.807, 2.05) is 0 Å². The topological polar surface area (TPSA) is 68.2 Å². The molecule has 0 aromatic carbocycles. The monoisotopic (exact) mass is 229 g/mol. The maximum Gasteiger partial charge on any atom is 0.410 e. The van der Waals surface area contributed by atoms with E-state index in [9.17, 15) is 4.79 Å². The third-order valence-corrected chi connectivity index (χ3v) is 3.59. The maximum atomic E-state index is 11.4. The molecule has 0 saturated carbocycles. The highest BCUT2D eigenvalue weighted by Crippen LogP contribution is 2.36. The van der Waals surface area contributed by atoms with Crippen LogP contribution in [-0.2, 0) is 14.2 Å². The highest BCUT2D eigenvalue weighted by molar-refractivity contribution is 5.70. The van der Waals surface area contributed by atoms with Gasteiger partial charge in [0.15, 0.2) is 0 Å². The lowest BCUT2D eigenvalue weighted by molar-refractivity contribution is -0.120. The largest absolute Gasteiger partial charge is 0.441 e. The molecule has 3 heterocycles. The fourth-order valence-corrected chi connectivity index (χ4v) is 2.78. The summed E-state index contributed by atoms with van der Waals surface area (Å²) in [7, 11) is 1.71. The minimum Gasteiger partial charge on any atom is -0.441 e. The van der Waals surface area contributed by atoms with Crippen molar-refractivity contribution in [2.45, 2.75) is 36.9 Å². The van der Waals surface area contributed by atoms with Crippen molar-refractivity contribution in [3.63, 3.8) is 0 Å². The molecule has 16 heavy (non-hydrogen) atoms. The molecule has 0 radical (unpaired) electrons. The Balaban J connectivity index is 1.81. The summed E-state index contributed by atoms with van der Waals surface area (Å²) in [5.41, 5.74) is 0. The van der Waals surface area contributed by atoms with Gasteiger partial charge >= 0.3 is 6.09 Å². The Morgan fingerprint density at radius 3 is 3.06 bits per heavy atom. The normalized spacial score (nSPS) is 46.5. The van der Waals surface area contributed by atoms with Crippen molar-refractivity contribution in [2.75, 3.05) is 20.3 Å². The van der Waals surface area contributed by atoms with Crippen molar-refractivity contribution in [3.05, 3.63) is 0 Å². The maximum absolute atomic E-state index is 11.4. The number of nitrogens with zero attached hydrogens (tertiary/aromatic N) is 1. The second kappa shape index (κ2) is 3.58. The molecule has 0 aliphatic carbocycles. The van der Waals surface area contributed by atoms with Crippen LogP contribution < -0.4 is 0 Å². The molecule has 3 fully saturated rings. The molecule has 0 bridgehead atoms. The summed E-state index contributed by atoms with van der Waals surface area (Å²) in [6.07, 6.45) is -0.265. The Bertz CT molecular complexity index is 310. The van der Waals surface area contributed by atoms with Gasteiger partial charge in [0.2, 0.25) is 0 Å². The number of ether oxygens (including phenoxy) is 3. The van der Waals surface area contributed by atoms with Crippen LogP contribution in [0.4, 0.5) is 4.79 Å². The van der Waals surface area contributed by atoms with E-state index in [-0.39, 0.29) is 43.2 Å². The highest BCUT2D eigenvalue weighted by Gasteiger charge is 2.54. The van der Waals surface area contributed by atoms with Crippen molar-refractivity contribution < 1.29 is 24.1 Å². The lowest BCUT2D eigenvalue weighted by atomic mass is 9.96. The summed E-state index contributed by atoms with van der Waals surface area (Å²) in [5, 5.41) is 9.08. The van der Waals surface area contributed by atoms with E-state index in [4.69, 9.17) is 19.3 Å². The molecule has 0 aromatic heterocycles. The molecule has 6 nitrogen and oxygen atoms in total. The third kappa shape index (κ3) is 1.33. The first-order valence-corrected chi connectivity index (χ1v) is 5.52. The van der Waals surface area contributed by atoms with Crippen LogP contribution in [0.5, 0.6) is 0 Å². The number of amides is 1. The van der Waals surface area contributed by atoms with Gasteiger partial charge in [-0.2, -0.15) is 0 Å². The fraction of sp³-hybridized carbons (Fsp3) is 0.900. The first-order valence-electron chi connectivity index (χ1n) is 5.52. The fourth-order valence-electron chi connectivity index (χ4n) is 2.78. The minimum atomic E-state index is -0.324. The van der Waals surface area contributed by atoms with Gasteiger partial charge in [0, 0.05) is 13.5 Å². The van der Waals surface area contributed by atoms with E-state index in [2.05, 4.69) is 0 Å². The van der Waals surface area contributed by atoms with E-state index in [1.165, 1.54) is 0 Å². The minimum absolute atomic E-state index is 0.00767. The molecular formula is C10H15NO5. The highest BCUT2D eigenvalue weighted by atomic mass is 16.6. The second-order valence-electron chi connectivity index (χ2n) is 4.54. The number of aliphatic hydroxyl groups excluding tert-OH is 1. The molecule has 0 unspecified atom stereocenters. The predicted octanol–water partition coefficient (Wildman–Crippen LogP) is -0.646. The van der Waals surface area contributed by atoms with Gasteiger partial charge in [0.1, 0.15) is 18.2 Å². The van der Waals surface area contributed by atoms with E-state index in [1.54, 1.807) is 11.9 Å². The molecule has 0 spiro atoms. The van der Waals surface area contributed by atoms with Crippen LogP contribution in [0.2, 0.25) is 0 Å². The number of hydrogen-bond donors (Lipinski definition) is 1. The van der Waals surface area contributed by atoms with Gasteiger partial charge in [-0.25, -0.2) is 4.79 Å². The van der Waals surface area contributed by atoms with Gasteiger partial charge < -0.3 is 24.2 Å². The Kier molecular flexibility index (Phi) is 2.31. The summed E-state index contributed by atoms with van der Waals surface area (Å²) in [6, 6.07) is -0.0807. The first-order chi connectivity index (χ1) is 7.70. The molecule has 90 valence electrons. The summed E-state index contributed by atoms with van der Waals surface area (Å²) in [5.74, 6) is 0. The Hall–Kier alpha value is -0.850. The molecule has 3 aliphatic heterocycles. The zero-order valence-electron chi connectivity index (χ0n) is 9.04. The number of fused-ring (bicyclic) bond motifs is 3.